The molecule has 122 valence electrons. The third kappa shape index (κ3) is 1.75. The zero-order valence-corrected chi connectivity index (χ0v) is 14.3. The van der Waals surface area contributed by atoms with Crippen LogP contribution in [0.25, 0.3) is 27.8 Å². The van der Waals surface area contributed by atoms with Gasteiger partial charge in [0.25, 0.3) is 0 Å². The van der Waals surface area contributed by atoms with Gasteiger partial charge in [-0.1, -0.05) is 78.9 Å². The van der Waals surface area contributed by atoms with Gasteiger partial charge in [0, 0.05) is 17.5 Å². The predicted octanol–water partition coefficient (Wildman–Crippen LogP) is 6.06. The number of hydrogen-bond acceptors (Lipinski definition) is 1. The molecule has 26 heavy (non-hydrogen) atoms. The Balaban J connectivity index is 1.77. The Bertz CT molecular complexity index is 1150. The van der Waals surface area contributed by atoms with Crippen LogP contribution in [0.1, 0.15) is 5.56 Å². The minimum atomic E-state index is 0.270. The molecule has 0 radical (unpaired) electrons. The molecule has 0 spiro atoms. The van der Waals surface area contributed by atoms with Gasteiger partial charge in [-0.2, -0.15) is 0 Å². The van der Waals surface area contributed by atoms with Crippen LogP contribution in [0.15, 0.2) is 103 Å². The average Bonchev–Trinajstić information content (AvgIpc) is 3.30. The first-order valence-corrected chi connectivity index (χ1v) is 9.08. The lowest BCUT2D eigenvalue weighted by Crippen LogP contribution is -2.27. The van der Waals surface area contributed by atoms with E-state index in [-0.39, 0.29) is 6.04 Å². The van der Waals surface area contributed by atoms with Gasteiger partial charge in [-0.05, 0) is 45.5 Å². The molecule has 0 aromatic heterocycles. The fourth-order valence-corrected chi connectivity index (χ4v) is 4.56. The summed E-state index contributed by atoms with van der Waals surface area (Å²) >= 11 is 0. The summed E-state index contributed by atoms with van der Waals surface area (Å²) in [6.07, 6.45) is 9.05. The lowest BCUT2D eigenvalue weighted by molar-refractivity contribution is 0.973. The Labute approximate surface area is 153 Å². The molecule has 3 aromatic carbocycles. The van der Waals surface area contributed by atoms with E-state index in [0.29, 0.717) is 0 Å². The zero-order valence-electron chi connectivity index (χ0n) is 14.3. The highest BCUT2D eigenvalue weighted by Crippen LogP contribution is 2.48. The van der Waals surface area contributed by atoms with E-state index in [0.717, 1.165) is 0 Å². The first kappa shape index (κ1) is 13.9. The summed E-state index contributed by atoms with van der Waals surface area (Å²) in [4.78, 5) is 2.43. The van der Waals surface area contributed by atoms with Crippen LogP contribution in [0.5, 0.6) is 0 Å². The van der Waals surface area contributed by atoms with Crippen molar-refractivity contribution in [3.8, 4) is 22.3 Å². The maximum Gasteiger partial charge on any atom is 0.0845 e. The molecular formula is C25H17N. The van der Waals surface area contributed by atoms with Gasteiger partial charge in [0.15, 0.2) is 0 Å². The molecule has 1 unspecified atom stereocenters. The summed E-state index contributed by atoms with van der Waals surface area (Å²) in [5.41, 5.74) is 10.5. The number of para-hydroxylation sites is 1. The molecule has 3 aliphatic rings. The third-order valence-corrected chi connectivity index (χ3v) is 5.70. The van der Waals surface area contributed by atoms with E-state index < -0.39 is 0 Å². The second-order valence-corrected chi connectivity index (χ2v) is 7.02. The number of benzene rings is 3. The Morgan fingerprint density at radius 1 is 0.577 bits per heavy atom. The van der Waals surface area contributed by atoms with Gasteiger partial charge in [0.2, 0.25) is 0 Å². The molecule has 3 aromatic rings. The van der Waals surface area contributed by atoms with E-state index in [1.807, 2.05) is 0 Å². The average molecular weight is 331 g/mol. The van der Waals surface area contributed by atoms with E-state index in [2.05, 4.69) is 102 Å². The summed E-state index contributed by atoms with van der Waals surface area (Å²) in [6.45, 7) is 0. The van der Waals surface area contributed by atoms with Crippen molar-refractivity contribution in [3.63, 3.8) is 0 Å². The van der Waals surface area contributed by atoms with Gasteiger partial charge >= 0.3 is 0 Å². The van der Waals surface area contributed by atoms with Crippen LogP contribution < -0.4 is 4.90 Å². The van der Waals surface area contributed by atoms with Crippen LogP contribution in [0, 0.1) is 0 Å². The molecule has 0 bridgehead atoms. The van der Waals surface area contributed by atoms with Crippen molar-refractivity contribution in [2.24, 2.45) is 0 Å². The van der Waals surface area contributed by atoms with Crippen molar-refractivity contribution in [1.29, 1.82) is 0 Å². The molecule has 2 aliphatic heterocycles. The van der Waals surface area contributed by atoms with Gasteiger partial charge in [-0.15, -0.1) is 0 Å². The quantitative estimate of drug-likeness (QED) is 0.484. The molecule has 0 saturated heterocycles. The van der Waals surface area contributed by atoms with Crippen LogP contribution in [-0.4, -0.2) is 6.04 Å². The summed E-state index contributed by atoms with van der Waals surface area (Å²) in [5.74, 6) is 0. The van der Waals surface area contributed by atoms with Crippen molar-refractivity contribution in [1.82, 2.24) is 0 Å². The van der Waals surface area contributed by atoms with Crippen LogP contribution in [0.4, 0.5) is 5.69 Å². The highest BCUT2D eigenvalue weighted by atomic mass is 15.2. The number of rotatable bonds is 0. The van der Waals surface area contributed by atoms with Gasteiger partial charge in [0.1, 0.15) is 0 Å². The lowest BCUT2D eigenvalue weighted by Gasteiger charge is -2.28. The second-order valence-electron chi connectivity index (χ2n) is 7.02. The molecule has 0 saturated carbocycles. The van der Waals surface area contributed by atoms with Gasteiger partial charge in [0.05, 0.1) is 6.04 Å². The van der Waals surface area contributed by atoms with E-state index >= 15 is 0 Å². The summed E-state index contributed by atoms with van der Waals surface area (Å²) < 4.78 is 0. The van der Waals surface area contributed by atoms with Gasteiger partial charge in [-0.25, -0.2) is 0 Å². The first-order valence-electron chi connectivity index (χ1n) is 9.08. The van der Waals surface area contributed by atoms with E-state index in [4.69, 9.17) is 0 Å². The Kier molecular flexibility index (Phi) is 2.72. The summed E-state index contributed by atoms with van der Waals surface area (Å²) in [7, 11) is 0. The maximum absolute atomic E-state index is 2.43. The Morgan fingerprint density at radius 2 is 1.15 bits per heavy atom. The molecule has 6 rings (SSSR count). The molecule has 1 heteroatoms. The predicted molar refractivity (Wildman–Crippen MR) is 109 cm³/mol. The SMILES string of the molecule is C1=CN2c3ccccc3-c3ccccc3-c3ccccc3C3=CC=C1C32. The van der Waals surface area contributed by atoms with E-state index in [1.165, 1.54) is 44.7 Å². The van der Waals surface area contributed by atoms with E-state index in [9.17, 15) is 0 Å². The summed E-state index contributed by atoms with van der Waals surface area (Å²) in [5, 5.41) is 0. The molecule has 2 heterocycles. The van der Waals surface area contributed by atoms with Crippen LogP contribution >= 0.6 is 0 Å². The molecule has 0 fully saturated rings. The molecular weight excluding hydrogens is 314 g/mol. The molecule has 1 nitrogen and oxygen atoms in total. The van der Waals surface area contributed by atoms with E-state index in [1.54, 1.807) is 0 Å². The van der Waals surface area contributed by atoms with Crippen molar-refractivity contribution < 1.29 is 0 Å². The minimum Gasteiger partial charge on any atom is -0.336 e. The molecule has 0 N–H and O–H groups in total. The lowest BCUT2D eigenvalue weighted by atomic mass is 9.88. The van der Waals surface area contributed by atoms with Crippen molar-refractivity contribution >= 4 is 11.3 Å². The first-order chi connectivity index (χ1) is 12.9. The number of allylic oxidation sites excluding steroid dienone is 2. The number of hydrogen-bond donors (Lipinski definition) is 0. The summed E-state index contributed by atoms with van der Waals surface area (Å²) in [6, 6.07) is 26.6. The maximum atomic E-state index is 2.43. The Hall–Kier alpha value is -3.32. The number of anilines is 1. The number of fused-ring (bicyclic) bond motifs is 7. The highest BCUT2D eigenvalue weighted by Gasteiger charge is 2.35. The van der Waals surface area contributed by atoms with Crippen LogP contribution in [0.3, 0.4) is 0 Å². The van der Waals surface area contributed by atoms with Crippen LogP contribution in [0.2, 0.25) is 0 Å². The zero-order chi connectivity index (χ0) is 17.1. The van der Waals surface area contributed by atoms with Gasteiger partial charge in [-0.3, -0.25) is 0 Å². The van der Waals surface area contributed by atoms with Crippen LogP contribution in [-0.2, 0) is 0 Å². The second kappa shape index (κ2) is 5.09. The molecule has 1 atom stereocenters. The van der Waals surface area contributed by atoms with Crippen molar-refractivity contribution in [2.45, 2.75) is 6.04 Å². The van der Waals surface area contributed by atoms with Crippen molar-refractivity contribution in [2.75, 3.05) is 4.90 Å². The fourth-order valence-electron chi connectivity index (χ4n) is 4.56. The normalized spacial score (nSPS) is 18.6. The van der Waals surface area contributed by atoms with Gasteiger partial charge < -0.3 is 4.90 Å². The smallest absolute Gasteiger partial charge is 0.0845 e. The molecule has 1 aliphatic carbocycles. The topological polar surface area (TPSA) is 3.24 Å². The third-order valence-electron chi connectivity index (χ3n) is 5.70. The largest absolute Gasteiger partial charge is 0.336 e. The highest BCUT2D eigenvalue weighted by molar-refractivity contribution is 5.99. The number of nitrogens with zero attached hydrogens (tertiary/aromatic N) is 1. The van der Waals surface area contributed by atoms with Crippen molar-refractivity contribution in [3.05, 3.63) is 108 Å². The Morgan fingerprint density at radius 3 is 1.92 bits per heavy atom. The standard InChI is InChI=1S/C25H17N/c1-3-9-20-18(7-1)19-8-2-4-10-21(19)23-14-13-17-15-16-26(25(17)23)24-12-6-5-11-22(20)24/h1-16,25H. The minimum absolute atomic E-state index is 0.270. The fraction of sp³-hybridized carbons (Fsp3) is 0.0400. The molecule has 0 amide bonds. The monoisotopic (exact) mass is 331 g/mol.